The summed E-state index contributed by atoms with van der Waals surface area (Å²) >= 11 is 0. The van der Waals surface area contributed by atoms with Crippen LogP contribution in [0.5, 0.6) is 0 Å². The zero-order valence-electron chi connectivity index (χ0n) is 28.9. The summed E-state index contributed by atoms with van der Waals surface area (Å²) in [4.78, 5) is 57.2. The number of benzene rings is 1. The molecule has 48 heavy (non-hydrogen) atoms. The van der Waals surface area contributed by atoms with Gasteiger partial charge in [0.1, 0.15) is 12.1 Å². The maximum Gasteiger partial charge on any atom is 0.302 e. The van der Waals surface area contributed by atoms with Gasteiger partial charge in [-0.15, -0.1) is 0 Å². The summed E-state index contributed by atoms with van der Waals surface area (Å²) in [5.74, 6) is 4.44. The first kappa shape index (κ1) is 39.2. The molecule has 1 aromatic carbocycles. The van der Waals surface area contributed by atoms with Gasteiger partial charge in [-0.25, -0.2) is 18.4 Å². The van der Waals surface area contributed by atoms with Gasteiger partial charge < -0.3 is 15.4 Å². The molecule has 0 radical (unpaired) electrons. The van der Waals surface area contributed by atoms with E-state index in [1.54, 1.807) is 11.2 Å². The Hall–Kier alpha value is -3.20. The summed E-state index contributed by atoms with van der Waals surface area (Å²) in [6.07, 6.45) is 7.92. The lowest BCUT2D eigenvalue weighted by atomic mass is 9.76. The van der Waals surface area contributed by atoms with Crippen molar-refractivity contribution in [2.24, 2.45) is 27.9 Å². The smallest absolute Gasteiger partial charge is 0.302 e. The third-order valence-electron chi connectivity index (χ3n) is 9.59. The molecule has 2 aliphatic rings. The fourth-order valence-corrected chi connectivity index (χ4v) is 8.26. The molecule has 2 unspecified atom stereocenters. The molecular weight excluding hydrogens is 636 g/mol. The van der Waals surface area contributed by atoms with Crippen LogP contribution in [0.2, 0.25) is 0 Å². The van der Waals surface area contributed by atoms with E-state index in [1.165, 1.54) is 16.1 Å². The Labute approximate surface area is 285 Å². The number of aliphatic imine (C=N–C) groups is 1. The number of primary amides is 1. The van der Waals surface area contributed by atoms with Crippen molar-refractivity contribution < 1.29 is 32.3 Å². The van der Waals surface area contributed by atoms with Gasteiger partial charge in [-0.05, 0) is 62.8 Å². The molecule has 0 aliphatic carbocycles. The zero-order valence-corrected chi connectivity index (χ0v) is 29.7. The number of sulfonamides is 1. The number of carbonyl (C=O) groups is 4. The predicted octanol–water partition coefficient (Wildman–Crippen LogP) is 2.43. The number of hydrogen-bond acceptors (Lipinski definition) is 9. The molecule has 3 amide bonds. The molecule has 1 aromatic rings. The highest BCUT2D eigenvalue weighted by atomic mass is 32.2. The molecule has 4 N–H and O–H groups in total. The Kier molecular flexibility index (Phi) is 14.7. The van der Waals surface area contributed by atoms with Crippen LogP contribution in [-0.4, -0.2) is 103 Å². The second kappa shape index (κ2) is 18.0. The van der Waals surface area contributed by atoms with E-state index in [2.05, 4.69) is 4.99 Å². The van der Waals surface area contributed by atoms with Crippen molar-refractivity contribution in [1.29, 1.82) is 0 Å². The molecule has 2 heterocycles. The summed E-state index contributed by atoms with van der Waals surface area (Å²) in [5, 5.41) is 1.60. The number of nitrogens with two attached hydrogens (primary N) is 2. The number of likely N-dealkylation sites (tertiary alicyclic amines) is 1. The maximum absolute atomic E-state index is 14.1. The number of rotatable bonds is 17. The van der Waals surface area contributed by atoms with Gasteiger partial charge in [-0.1, -0.05) is 57.0 Å². The molecule has 4 atom stereocenters. The third-order valence-corrected chi connectivity index (χ3v) is 10.8. The van der Waals surface area contributed by atoms with Crippen molar-refractivity contribution >= 4 is 39.9 Å². The Morgan fingerprint density at radius 2 is 1.75 bits per heavy atom. The van der Waals surface area contributed by atoms with Crippen LogP contribution in [0.4, 0.5) is 0 Å². The topological polar surface area (TPSA) is 186 Å². The fourth-order valence-electron chi connectivity index (χ4n) is 7.15. The first-order valence-corrected chi connectivity index (χ1v) is 18.9. The number of piperidine rings is 1. The largest absolute Gasteiger partial charge is 0.466 e. The average molecular weight is 691 g/mol. The van der Waals surface area contributed by atoms with Gasteiger partial charge in [0.15, 0.2) is 0 Å². The maximum atomic E-state index is 14.1. The number of ether oxygens (including phenoxy) is 1. The van der Waals surface area contributed by atoms with Gasteiger partial charge in [0, 0.05) is 32.8 Å². The van der Waals surface area contributed by atoms with Crippen molar-refractivity contribution in [1.82, 2.24) is 14.2 Å². The zero-order chi connectivity index (χ0) is 35.5. The van der Waals surface area contributed by atoms with Crippen LogP contribution >= 0.6 is 0 Å². The van der Waals surface area contributed by atoms with Crippen LogP contribution in [0.3, 0.4) is 0 Å². The van der Waals surface area contributed by atoms with Gasteiger partial charge in [-0.3, -0.25) is 25.0 Å². The van der Waals surface area contributed by atoms with Gasteiger partial charge in [0.25, 0.3) is 5.91 Å². The fraction of sp³-hybridized carbons (Fsp3) is 0.676. The third kappa shape index (κ3) is 10.6. The standard InChI is InChI=1S/C34H54N6O7S/c1-5-15-34(16-6-2,17-20-47-25(3)41)33(44)37-23-28-21-27(14-19-39(28)36)24-40(48(4,45)46)30(22-26-11-8-7-9-12-26)32(43)38-18-10-13-29(38)31(35)42/h7-9,11-12,23,27-30H,5-6,10,13-22,24,36H2,1-4H3,(H2,35,42)/t27?,28?,29-,30+/m0/s1. The Balaban J connectivity index is 1.86. The first-order chi connectivity index (χ1) is 22.7. The summed E-state index contributed by atoms with van der Waals surface area (Å²) in [5.41, 5.74) is 5.65. The number of hydrogen-bond donors (Lipinski definition) is 2. The van der Waals surface area contributed by atoms with Crippen molar-refractivity contribution in [2.75, 3.05) is 32.5 Å². The highest BCUT2D eigenvalue weighted by Gasteiger charge is 2.42. The lowest BCUT2D eigenvalue weighted by Gasteiger charge is -2.39. The van der Waals surface area contributed by atoms with E-state index >= 15 is 0 Å². The summed E-state index contributed by atoms with van der Waals surface area (Å²) in [7, 11) is -3.90. The SMILES string of the molecule is CCCC(CCC)(CCOC(C)=O)C(=O)N=CC1CC(CN([C@H](Cc2ccccc2)C(=O)N2CCC[C@H]2C(N)=O)S(C)(=O)=O)CCN1N. The molecule has 268 valence electrons. The van der Waals surface area contributed by atoms with Crippen molar-refractivity contribution in [3.05, 3.63) is 35.9 Å². The second-order valence-electron chi connectivity index (χ2n) is 13.3. The second-order valence-corrected chi connectivity index (χ2v) is 15.2. The summed E-state index contributed by atoms with van der Waals surface area (Å²) < 4.78 is 33.3. The number of nitrogens with zero attached hydrogens (tertiary/aromatic N) is 4. The first-order valence-electron chi connectivity index (χ1n) is 17.1. The molecule has 2 saturated heterocycles. The number of hydrazine groups is 1. The molecule has 0 spiro atoms. The Morgan fingerprint density at radius 3 is 2.33 bits per heavy atom. The van der Waals surface area contributed by atoms with E-state index in [0.29, 0.717) is 58.0 Å². The number of carbonyl (C=O) groups excluding carboxylic acids is 4. The molecule has 14 heteroatoms. The summed E-state index contributed by atoms with van der Waals surface area (Å²) in [6, 6.07) is 6.90. The average Bonchev–Trinajstić information content (AvgIpc) is 3.53. The monoisotopic (exact) mass is 690 g/mol. The number of esters is 1. The van der Waals surface area contributed by atoms with E-state index in [9.17, 15) is 27.6 Å². The van der Waals surface area contributed by atoms with E-state index in [-0.39, 0.29) is 31.4 Å². The van der Waals surface area contributed by atoms with E-state index in [0.717, 1.165) is 24.7 Å². The van der Waals surface area contributed by atoms with Gasteiger partial charge in [0.05, 0.1) is 24.3 Å². The molecule has 0 aromatic heterocycles. The minimum absolute atomic E-state index is 0.0568. The van der Waals surface area contributed by atoms with Crippen LogP contribution in [0, 0.1) is 11.3 Å². The van der Waals surface area contributed by atoms with Crippen molar-refractivity contribution in [3.63, 3.8) is 0 Å². The van der Waals surface area contributed by atoms with Crippen LogP contribution in [0.1, 0.15) is 84.1 Å². The molecule has 2 aliphatic heterocycles. The van der Waals surface area contributed by atoms with E-state index in [4.69, 9.17) is 16.3 Å². The molecular formula is C34H54N6O7S. The molecule has 2 fully saturated rings. The van der Waals surface area contributed by atoms with Gasteiger partial charge in [-0.2, -0.15) is 4.31 Å². The highest BCUT2D eigenvalue weighted by molar-refractivity contribution is 7.88. The van der Waals surface area contributed by atoms with E-state index in [1.807, 2.05) is 44.2 Å². The summed E-state index contributed by atoms with van der Waals surface area (Å²) in [6.45, 7) is 6.29. The molecule has 13 nitrogen and oxygen atoms in total. The van der Waals surface area contributed by atoms with Crippen LogP contribution in [-0.2, 0) is 40.4 Å². The minimum Gasteiger partial charge on any atom is -0.466 e. The minimum atomic E-state index is -3.90. The van der Waals surface area contributed by atoms with Gasteiger partial charge in [0.2, 0.25) is 21.8 Å². The van der Waals surface area contributed by atoms with Crippen LogP contribution < -0.4 is 11.6 Å². The lowest BCUT2D eigenvalue weighted by molar-refractivity contribution is -0.143. The van der Waals surface area contributed by atoms with Crippen LogP contribution in [0.15, 0.2) is 35.3 Å². The predicted molar refractivity (Wildman–Crippen MR) is 184 cm³/mol. The van der Waals surface area contributed by atoms with Gasteiger partial charge >= 0.3 is 5.97 Å². The molecule has 3 rings (SSSR count). The normalized spacial score (nSPS) is 21.5. The van der Waals surface area contributed by atoms with Crippen LogP contribution in [0.25, 0.3) is 0 Å². The Bertz CT molecular complexity index is 1380. The molecule has 0 saturated carbocycles. The Morgan fingerprint density at radius 1 is 1.08 bits per heavy atom. The molecule has 0 bridgehead atoms. The van der Waals surface area contributed by atoms with Crippen molar-refractivity contribution in [3.8, 4) is 0 Å². The quantitative estimate of drug-likeness (QED) is 0.141. The highest BCUT2D eigenvalue weighted by Crippen LogP contribution is 2.36. The number of amides is 3. The lowest BCUT2D eigenvalue weighted by Crippen LogP contribution is -2.57. The van der Waals surface area contributed by atoms with E-state index < -0.39 is 51.3 Å². The van der Waals surface area contributed by atoms with Crippen molar-refractivity contribution in [2.45, 2.75) is 103 Å².